The predicted octanol–water partition coefficient (Wildman–Crippen LogP) is 1.83. The Morgan fingerprint density at radius 3 is 2.71 bits per heavy atom. The van der Waals surface area contributed by atoms with E-state index >= 15 is 0 Å². The molecule has 1 saturated carbocycles. The van der Waals surface area contributed by atoms with Gasteiger partial charge in [-0.05, 0) is 25.3 Å². The number of benzene rings is 1. The van der Waals surface area contributed by atoms with Crippen LogP contribution in [0.1, 0.15) is 25.3 Å². The molecule has 0 radical (unpaired) electrons. The fraction of sp³-hybridized carbons (Fsp3) is 0.462. The van der Waals surface area contributed by atoms with Crippen molar-refractivity contribution in [2.75, 3.05) is 0 Å². The zero-order valence-electron chi connectivity index (χ0n) is 9.85. The van der Waals surface area contributed by atoms with Gasteiger partial charge in [-0.2, -0.15) is 0 Å². The Kier molecular flexibility index (Phi) is 3.33. The predicted molar refractivity (Wildman–Crippen MR) is 63.4 cm³/mol. The minimum absolute atomic E-state index is 0.269. The number of aliphatic hydroxyl groups excluding tert-OH is 1. The van der Waals surface area contributed by atoms with Crippen molar-refractivity contribution in [2.45, 2.75) is 38.0 Å². The van der Waals surface area contributed by atoms with Gasteiger partial charge in [0.2, 0.25) is 0 Å². The molecular formula is C13H17NO3. The molecule has 0 unspecified atom stereocenters. The third-order valence-corrected chi connectivity index (χ3v) is 2.99. The van der Waals surface area contributed by atoms with Crippen LogP contribution in [0.2, 0.25) is 0 Å². The summed E-state index contributed by atoms with van der Waals surface area (Å²) in [6, 6.07) is 9.53. The summed E-state index contributed by atoms with van der Waals surface area (Å²) >= 11 is 0. The molecule has 1 fully saturated rings. The fourth-order valence-corrected chi connectivity index (χ4v) is 2.09. The summed E-state index contributed by atoms with van der Waals surface area (Å²) in [5.74, 6) is 0. The molecule has 1 aromatic carbocycles. The van der Waals surface area contributed by atoms with E-state index in [1.54, 1.807) is 0 Å². The number of aliphatic hydroxyl groups is 1. The van der Waals surface area contributed by atoms with Gasteiger partial charge in [-0.25, -0.2) is 4.79 Å². The molecule has 4 nitrogen and oxygen atoms in total. The van der Waals surface area contributed by atoms with Crippen LogP contribution in [0.15, 0.2) is 30.3 Å². The minimum Gasteiger partial charge on any atom is -0.445 e. The summed E-state index contributed by atoms with van der Waals surface area (Å²) in [6.07, 6.45) is 0.457. The lowest BCUT2D eigenvalue weighted by Gasteiger charge is -2.42. The van der Waals surface area contributed by atoms with Crippen molar-refractivity contribution in [3.05, 3.63) is 35.9 Å². The van der Waals surface area contributed by atoms with Crippen molar-refractivity contribution in [3.63, 3.8) is 0 Å². The first-order valence-corrected chi connectivity index (χ1v) is 5.74. The third-order valence-electron chi connectivity index (χ3n) is 2.99. The van der Waals surface area contributed by atoms with Crippen LogP contribution in [-0.4, -0.2) is 22.8 Å². The van der Waals surface area contributed by atoms with Gasteiger partial charge < -0.3 is 15.2 Å². The fourth-order valence-electron chi connectivity index (χ4n) is 2.09. The maximum absolute atomic E-state index is 11.5. The van der Waals surface area contributed by atoms with Crippen LogP contribution in [0.25, 0.3) is 0 Å². The molecule has 2 rings (SSSR count). The van der Waals surface area contributed by atoms with Gasteiger partial charge in [0.25, 0.3) is 0 Å². The second-order valence-corrected chi connectivity index (χ2v) is 4.81. The van der Waals surface area contributed by atoms with Crippen molar-refractivity contribution < 1.29 is 14.6 Å². The van der Waals surface area contributed by atoms with E-state index in [9.17, 15) is 9.90 Å². The number of carbonyl (C=O) groups is 1. The molecule has 0 aliphatic heterocycles. The molecular weight excluding hydrogens is 218 g/mol. The molecule has 0 bridgehead atoms. The van der Waals surface area contributed by atoms with Gasteiger partial charge in [0.1, 0.15) is 6.61 Å². The van der Waals surface area contributed by atoms with Crippen molar-refractivity contribution >= 4 is 6.09 Å². The average molecular weight is 235 g/mol. The normalized spacial score (nSPS) is 27.1. The lowest BCUT2D eigenvalue weighted by molar-refractivity contribution is 0.0100. The summed E-state index contributed by atoms with van der Waals surface area (Å²) in [7, 11) is 0. The van der Waals surface area contributed by atoms with Crippen LogP contribution in [0.5, 0.6) is 0 Å². The van der Waals surface area contributed by atoms with E-state index in [1.165, 1.54) is 0 Å². The standard InChI is InChI=1S/C13H17NO3/c1-13(7-11(15)8-13)14-12(16)17-9-10-5-3-2-4-6-10/h2-6,11,15H,7-9H2,1H3,(H,14,16)/t11-,13+. The molecule has 92 valence electrons. The monoisotopic (exact) mass is 235 g/mol. The summed E-state index contributed by atoms with van der Waals surface area (Å²) in [5.41, 5.74) is 0.647. The maximum Gasteiger partial charge on any atom is 0.407 e. The molecule has 0 spiro atoms. The first-order valence-electron chi connectivity index (χ1n) is 5.74. The van der Waals surface area contributed by atoms with Crippen LogP contribution >= 0.6 is 0 Å². The topological polar surface area (TPSA) is 58.6 Å². The Morgan fingerprint density at radius 1 is 1.47 bits per heavy atom. The van der Waals surface area contributed by atoms with E-state index in [-0.39, 0.29) is 18.2 Å². The number of alkyl carbamates (subject to hydrolysis) is 1. The lowest BCUT2D eigenvalue weighted by Crippen LogP contribution is -2.57. The quantitative estimate of drug-likeness (QED) is 0.840. The SMILES string of the molecule is C[C@]1(NC(=O)OCc2ccccc2)C[C@@H](O)C1. The van der Waals surface area contributed by atoms with Gasteiger partial charge >= 0.3 is 6.09 Å². The lowest BCUT2D eigenvalue weighted by atomic mass is 9.76. The average Bonchev–Trinajstić information content (AvgIpc) is 2.26. The smallest absolute Gasteiger partial charge is 0.407 e. The summed E-state index contributed by atoms with van der Waals surface area (Å²) in [4.78, 5) is 11.5. The van der Waals surface area contributed by atoms with Gasteiger partial charge in [-0.15, -0.1) is 0 Å². The van der Waals surface area contributed by atoms with Crippen molar-refractivity contribution in [1.29, 1.82) is 0 Å². The summed E-state index contributed by atoms with van der Waals surface area (Å²) in [5, 5.41) is 12.0. The first-order chi connectivity index (χ1) is 8.07. The van der Waals surface area contributed by atoms with E-state index in [1.807, 2.05) is 37.3 Å². The molecule has 1 aliphatic rings. The first kappa shape index (κ1) is 11.9. The van der Waals surface area contributed by atoms with Crippen LogP contribution < -0.4 is 5.32 Å². The highest BCUT2D eigenvalue weighted by Crippen LogP contribution is 2.31. The number of carbonyl (C=O) groups excluding carboxylic acids is 1. The molecule has 1 aromatic rings. The Bertz CT molecular complexity index is 385. The van der Waals surface area contributed by atoms with Crippen LogP contribution in [0, 0.1) is 0 Å². The Hall–Kier alpha value is -1.55. The highest BCUT2D eigenvalue weighted by atomic mass is 16.5. The zero-order valence-corrected chi connectivity index (χ0v) is 9.85. The van der Waals surface area contributed by atoms with E-state index in [0.29, 0.717) is 12.8 Å². The summed E-state index contributed by atoms with van der Waals surface area (Å²) < 4.78 is 5.10. The minimum atomic E-state index is -0.428. The number of ether oxygens (including phenoxy) is 1. The van der Waals surface area contributed by atoms with Gasteiger partial charge in [0.15, 0.2) is 0 Å². The number of amides is 1. The Labute approximate surface area is 101 Å². The number of rotatable bonds is 3. The Balaban J connectivity index is 1.75. The molecule has 1 amide bonds. The zero-order chi connectivity index (χ0) is 12.3. The summed E-state index contributed by atoms with van der Waals surface area (Å²) in [6.45, 7) is 2.18. The molecule has 2 N–H and O–H groups in total. The Morgan fingerprint density at radius 2 is 2.12 bits per heavy atom. The number of hydrogen-bond acceptors (Lipinski definition) is 3. The maximum atomic E-state index is 11.5. The highest BCUT2D eigenvalue weighted by Gasteiger charge is 2.40. The van der Waals surface area contributed by atoms with Gasteiger partial charge in [-0.3, -0.25) is 0 Å². The second-order valence-electron chi connectivity index (χ2n) is 4.81. The van der Waals surface area contributed by atoms with E-state index in [0.717, 1.165) is 5.56 Å². The van der Waals surface area contributed by atoms with Gasteiger partial charge in [0.05, 0.1) is 6.10 Å². The molecule has 17 heavy (non-hydrogen) atoms. The van der Waals surface area contributed by atoms with E-state index in [2.05, 4.69) is 5.32 Å². The number of nitrogens with one attached hydrogen (secondary N) is 1. The largest absolute Gasteiger partial charge is 0.445 e. The van der Waals surface area contributed by atoms with Crippen molar-refractivity contribution in [1.82, 2.24) is 5.32 Å². The van der Waals surface area contributed by atoms with E-state index in [4.69, 9.17) is 4.74 Å². The molecule has 0 atom stereocenters. The van der Waals surface area contributed by atoms with E-state index < -0.39 is 6.09 Å². The van der Waals surface area contributed by atoms with Crippen LogP contribution in [-0.2, 0) is 11.3 Å². The number of hydrogen-bond donors (Lipinski definition) is 2. The van der Waals surface area contributed by atoms with Crippen LogP contribution in [0.3, 0.4) is 0 Å². The highest BCUT2D eigenvalue weighted by molar-refractivity contribution is 5.68. The van der Waals surface area contributed by atoms with Crippen molar-refractivity contribution in [2.24, 2.45) is 0 Å². The molecule has 0 aromatic heterocycles. The van der Waals surface area contributed by atoms with Gasteiger partial charge in [-0.1, -0.05) is 30.3 Å². The third kappa shape index (κ3) is 3.20. The molecule has 0 heterocycles. The van der Waals surface area contributed by atoms with Crippen molar-refractivity contribution in [3.8, 4) is 0 Å². The molecule has 0 saturated heterocycles. The second kappa shape index (κ2) is 4.75. The molecule has 1 aliphatic carbocycles. The van der Waals surface area contributed by atoms with Crippen LogP contribution in [0.4, 0.5) is 4.79 Å². The van der Waals surface area contributed by atoms with Gasteiger partial charge in [0, 0.05) is 5.54 Å². The molecule has 4 heteroatoms.